The summed E-state index contributed by atoms with van der Waals surface area (Å²) in [5.74, 6) is 1.53. The molecule has 3 rings (SSSR count). The summed E-state index contributed by atoms with van der Waals surface area (Å²) in [6, 6.07) is 5.43. The SMILES string of the molecule is CCCCn1c2nc(=O)n(C)c(=O)c-2cc2ccc(OC)c(OC)c21. The van der Waals surface area contributed by atoms with Gasteiger partial charge in [-0.15, -0.1) is 0 Å². The van der Waals surface area contributed by atoms with E-state index in [1.807, 2.05) is 10.6 Å². The molecular weight excluding hydrogens is 322 g/mol. The lowest BCUT2D eigenvalue weighted by Gasteiger charge is -2.20. The third kappa shape index (κ3) is 2.65. The summed E-state index contributed by atoms with van der Waals surface area (Å²) in [5, 5.41) is 0.832. The van der Waals surface area contributed by atoms with Crippen LogP contribution in [0.25, 0.3) is 22.3 Å². The number of unbranched alkanes of at least 4 members (excludes halogenated alkanes) is 1. The highest BCUT2D eigenvalue weighted by atomic mass is 16.5. The first-order valence-corrected chi connectivity index (χ1v) is 8.18. The average molecular weight is 343 g/mol. The van der Waals surface area contributed by atoms with Crippen molar-refractivity contribution in [3.8, 4) is 22.9 Å². The van der Waals surface area contributed by atoms with Crippen LogP contribution in [0.2, 0.25) is 0 Å². The van der Waals surface area contributed by atoms with Crippen LogP contribution >= 0.6 is 0 Å². The molecule has 2 aliphatic heterocycles. The van der Waals surface area contributed by atoms with E-state index in [-0.39, 0.29) is 5.56 Å². The van der Waals surface area contributed by atoms with E-state index in [9.17, 15) is 9.59 Å². The van der Waals surface area contributed by atoms with Crippen LogP contribution in [0.4, 0.5) is 0 Å². The number of fused-ring (bicyclic) bond motifs is 2. The van der Waals surface area contributed by atoms with E-state index < -0.39 is 5.69 Å². The summed E-state index contributed by atoms with van der Waals surface area (Å²) in [5.41, 5.74) is 0.266. The quantitative estimate of drug-likeness (QED) is 0.663. The Balaban J connectivity index is 2.54. The van der Waals surface area contributed by atoms with Gasteiger partial charge in [-0.05, 0) is 24.6 Å². The van der Waals surface area contributed by atoms with Crippen LogP contribution in [0, 0.1) is 0 Å². The van der Waals surface area contributed by atoms with Gasteiger partial charge in [0.1, 0.15) is 0 Å². The molecule has 2 heterocycles. The minimum atomic E-state index is -0.566. The number of rotatable bonds is 5. The number of methoxy groups -OCH3 is 2. The van der Waals surface area contributed by atoms with Crippen LogP contribution in [0.5, 0.6) is 11.5 Å². The summed E-state index contributed by atoms with van der Waals surface area (Å²) < 4.78 is 13.9. The highest BCUT2D eigenvalue weighted by Crippen LogP contribution is 2.38. The van der Waals surface area contributed by atoms with Gasteiger partial charge in [0.25, 0.3) is 5.56 Å². The molecule has 0 saturated carbocycles. The molecule has 0 N–H and O–H groups in total. The molecule has 25 heavy (non-hydrogen) atoms. The van der Waals surface area contributed by atoms with Gasteiger partial charge in [-0.25, -0.2) is 4.79 Å². The van der Waals surface area contributed by atoms with Crippen molar-refractivity contribution >= 4 is 10.9 Å². The first-order chi connectivity index (χ1) is 12.0. The largest absolute Gasteiger partial charge is 0.493 e. The predicted octanol–water partition coefficient (Wildman–Crippen LogP) is 2.02. The molecule has 0 spiro atoms. The highest BCUT2D eigenvalue weighted by molar-refractivity contribution is 5.92. The van der Waals surface area contributed by atoms with Gasteiger partial charge in [0.05, 0.1) is 25.3 Å². The molecule has 0 aromatic heterocycles. The van der Waals surface area contributed by atoms with Gasteiger partial charge in [-0.3, -0.25) is 9.36 Å². The maximum Gasteiger partial charge on any atom is 0.352 e. The summed E-state index contributed by atoms with van der Waals surface area (Å²) >= 11 is 0. The third-order valence-corrected chi connectivity index (χ3v) is 4.38. The number of ether oxygens (including phenoxy) is 2. The molecule has 0 aliphatic carbocycles. The lowest BCUT2D eigenvalue weighted by atomic mass is 10.1. The molecule has 0 bridgehead atoms. The first kappa shape index (κ1) is 17.0. The fraction of sp³-hybridized carbons (Fsp3) is 0.389. The zero-order valence-electron chi connectivity index (χ0n) is 14.8. The van der Waals surface area contributed by atoms with Crippen LogP contribution in [0.3, 0.4) is 0 Å². The zero-order chi connectivity index (χ0) is 18.1. The average Bonchev–Trinajstić information content (AvgIpc) is 2.63. The van der Waals surface area contributed by atoms with Crippen LogP contribution in [0.1, 0.15) is 19.8 Å². The van der Waals surface area contributed by atoms with Gasteiger partial charge in [-0.1, -0.05) is 13.3 Å². The van der Waals surface area contributed by atoms with E-state index in [2.05, 4.69) is 11.9 Å². The molecule has 7 heteroatoms. The highest BCUT2D eigenvalue weighted by Gasteiger charge is 2.22. The first-order valence-electron chi connectivity index (χ1n) is 8.18. The Labute approximate surface area is 144 Å². The van der Waals surface area contributed by atoms with Crippen molar-refractivity contribution in [2.24, 2.45) is 7.05 Å². The number of aromatic nitrogens is 3. The van der Waals surface area contributed by atoms with E-state index in [4.69, 9.17) is 9.47 Å². The lowest BCUT2D eigenvalue weighted by molar-refractivity contribution is 0.357. The molecule has 1 aromatic carbocycles. The van der Waals surface area contributed by atoms with Gasteiger partial charge in [0.2, 0.25) is 0 Å². The van der Waals surface area contributed by atoms with Crippen molar-refractivity contribution in [3.05, 3.63) is 39.0 Å². The van der Waals surface area contributed by atoms with Crippen molar-refractivity contribution in [1.29, 1.82) is 0 Å². The van der Waals surface area contributed by atoms with Crippen molar-refractivity contribution in [2.45, 2.75) is 26.3 Å². The predicted molar refractivity (Wildman–Crippen MR) is 95.9 cm³/mol. The van der Waals surface area contributed by atoms with Crippen LogP contribution < -0.4 is 20.7 Å². The van der Waals surface area contributed by atoms with Gasteiger partial charge >= 0.3 is 5.69 Å². The maximum atomic E-state index is 12.6. The van der Waals surface area contributed by atoms with E-state index in [1.165, 1.54) is 7.05 Å². The van der Waals surface area contributed by atoms with E-state index in [1.54, 1.807) is 26.4 Å². The van der Waals surface area contributed by atoms with Crippen LogP contribution in [-0.2, 0) is 13.6 Å². The van der Waals surface area contributed by atoms with Crippen molar-refractivity contribution in [1.82, 2.24) is 14.1 Å². The van der Waals surface area contributed by atoms with E-state index in [0.29, 0.717) is 29.4 Å². The van der Waals surface area contributed by atoms with Crippen LogP contribution in [0.15, 0.2) is 27.8 Å². The van der Waals surface area contributed by atoms with Gasteiger partial charge in [0.15, 0.2) is 17.3 Å². The number of hydrogen-bond donors (Lipinski definition) is 0. The Morgan fingerprint density at radius 3 is 2.56 bits per heavy atom. The molecule has 0 fully saturated rings. The molecule has 7 nitrogen and oxygen atoms in total. The summed E-state index contributed by atoms with van der Waals surface area (Å²) in [7, 11) is 4.58. The third-order valence-electron chi connectivity index (χ3n) is 4.38. The summed E-state index contributed by atoms with van der Waals surface area (Å²) in [6.07, 6.45) is 1.84. The van der Waals surface area contributed by atoms with Crippen molar-refractivity contribution < 1.29 is 9.47 Å². The Morgan fingerprint density at radius 1 is 1.16 bits per heavy atom. The zero-order valence-corrected chi connectivity index (χ0v) is 14.8. The minimum absolute atomic E-state index is 0.350. The van der Waals surface area contributed by atoms with Gasteiger partial charge < -0.3 is 14.0 Å². The Kier molecular flexibility index (Phi) is 4.48. The summed E-state index contributed by atoms with van der Waals surface area (Å²) in [6.45, 7) is 2.70. The van der Waals surface area contributed by atoms with Crippen LogP contribution in [-0.4, -0.2) is 28.3 Å². The van der Waals surface area contributed by atoms with Crippen molar-refractivity contribution in [3.63, 3.8) is 0 Å². The topological polar surface area (TPSA) is 75.4 Å². The standard InChI is InChI=1S/C18H21N3O4/c1-5-6-9-21-14-11(7-8-13(24-3)15(14)25-4)10-12-16(21)19-18(23)20(2)17(12)22/h7-8,10H,5-6,9H2,1-4H3. The fourth-order valence-corrected chi connectivity index (χ4v) is 3.04. The Hall–Kier alpha value is -2.83. The number of aryl methyl sites for hydroxylation is 1. The second-order valence-corrected chi connectivity index (χ2v) is 5.88. The smallest absolute Gasteiger partial charge is 0.352 e. The normalized spacial score (nSPS) is 11.2. The maximum absolute atomic E-state index is 12.6. The minimum Gasteiger partial charge on any atom is -0.493 e. The molecule has 1 aromatic rings. The molecule has 0 amide bonds. The van der Waals surface area contributed by atoms with E-state index in [0.717, 1.165) is 28.3 Å². The second kappa shape index (κ2) is 6.58. The number of pyridine rings is 1. The van der Waals surface area contributed by atoms with Gasteiger partial charge in [-0.2, -0.15) is 4.98 Å². The molecule has 0 atom stereocenters. The molecule has 2 aliphatic rings. The number of benzene rings is 1. The summed E-state index contributed by atoms with van der Waals surface area (Å²) in [4.78, 5) is 28.8. The van der Waals surface area contributed by atoms with E-state index >= 15 is 0 Å². The lowest BCUT2D eigenvalue weighted by Crippen LogP contribution is -2.36. The molecule has 132 valence electrons. The molecule has 0 unspecified atom stereocenters. The van der Waals surface area contributed by atoms with Crippen molar-refractivity contribution in [2.75, 3.05) is 14.2 Å². The Morgan fingerprint density at radius 2 is 1.92 bits per heavy atom. The molecular formula is C18H21N3O4. The Bertz CT molecular complexity index is 1020. The number of hydrogen-bond acceptors (Lipinski definition) is 5. The molecule has 0 radical (unpaired) electrons. The number of nitrogens with zero attached hydrogens (tertiary/aromatic N) is 3. The second-order valence-electron chi connectivity index (χ2n) is 5.88. The molecule has 0 saturated heterocycles. The fourth-order valence-electron chi connectivity index (χ4n) is 3.04. The monoisotopic (exact) mass is 343 g/mol. The van der Waals surface area contributed by atoms with Gasteiger partial charge in [0, 0.05) is 19.0 Å².